The lowest BCUT2D eigenvalue weighted by atomic mass is 10.1. The van der Waals surface area contributed by atoms with E-state index >= 15 is 0 Å². The number of carbonyl (C=O) groups excluding carboxylic acids is 2. The van der Waals surface area contributed by atoms with E-state index in [4.69, 9.17) is 9.47 Å². The zero-order chi connectivity index (χ0) is 19.3. The molecule has 0 aromatic heterocycles. The molecule has 0 amide bonds. The SMILES string of the molecule is CC(=O)c1c(O)cccc1OCC(O)COc1cccc(O)c1C(C)=O. The van der Waals surface area contributed by atoms with Gasteiger partial charge in [-0.05, 0) is 38.1 Å². The van der Waals surface area contributed by atoms with E-state index in [1.807, 2.05) is 0 Å². The summed E-state index contributed by atoms with van der Waals surface area (Å²) in [6, 6.07) is 8.79. The number of aliphatic hydroxyl groups is 1. The van der Waals surface area contributed by atoms with Gasteiger partial charge in [-0.2, -0.15) is 0 Å². The van der Waals surface area contributed by atoms with Crippen LogP contribution in [-0.2, 0) is 0 Å². The molecule has 2 aromatic rings. The molecule has 0 saturated carbocycles. The Morgan fingerprint density at radius 3 is 1.58 bits per heavy atom. The molecule has 7 nitrogen and oxygen atoms in total. The van der Waals surface area contributed by atoms with E-state index in [9.17, 15) is 24.9 Å². The van der Waals surface area contributed by atoms with Crippen LogP contribution in [0.25, 0.3) is 0 Å². The molecule has 138 valence electrons. The molecule has 0 spiro atoms. The van der Waals surface area contributed by atoms with E-state index in [-0.39, 0.29) is 58.9 Å². The number of carbonyl (C=O) groups is 2. The van der Waals surface area contributed by atoms with E-state index in [2.05, 4.69) is 0 Å². The predicted octanol–water partition coefficient (Wildman–Crippen LogP) is 2.32. The second-order valence-electron chi connectivity index (χ2n) is 5.69. The zero-order valence-electron chi connectivity index (χ0n) is 14.4. The number of aliphatic hydroxyl groups excluding tert-OH is 1. The molecule has 0 aliphatic heterocycles. The van der Waals surface area contributed by atoms with Crippen LogP contribution in [0.2, 0.25) is 0 Å². The van der Waals surface area contributed by atoms with E-state index < -0.39 is 6.10 Å². The van der Waals surface area contributed by atoms with Gasteiger partial charge in [-0.25, -0.2) is 0 Å². The van der Waals surface area contributed by atoms with Gasteiger partial charge in [-0.1, -0.05) is 12.1 Å². The lowest BCUT2D eigenvalue weighted by Crippen LogP contribution is -2.25. The normalized spacial score (nSPS) is 10.6. The Morgan fingerprint density at radius 1 is 0.846 bits per heavy atom. The van der Waals surface area contributed by atoms with Crippen LogP contribution in [0.1, 0.15) is 34.6 Å². The summed E-state index contributed by atoms with van der Waals surface area (Å²) in [5, 5.41) is 29.5. The molecule has 0 bridgehead atoms. The third-order valence-corrected chi connectivity index (χ3v) is 3.58. The van der Waals surface area contributed by atoms with Crippen LogP contribution in [0, 0.1) is 0 Å². The summed E-state index contributed by atoms with van der Waals surface area (Å²) in [6.07, 6.45) is -1.07. The van der Waals surface area contributed by atoms with Crippen LogP contribution in [-0.4, -0.2) is 46.2 Å². The van der Waals surface area contributed by atoms with Gasteiger partial charge in [0.25, 0.3) is 0 Å². The van der Waals surface area contributed by atoms with Crippen molar-refractivity contribution in [2.45, 2.75) is 20.0 Å². The molecule has 0 saturated heterocycles. The summed E-state index contributed by atoms with van der Waals surface area (Å²) in [4.78, 5) is 23.2. The van der Waals surface area contributed by atoms with Crippen LogP contribution in [0.4, 0.5) is 0 Å². The van der Waals surface area contributed by atoms with Gasteiger partial charge in [0, 0.05) is 0 Å². The van der Waals surface area contributed by atoms with E-state index in [0.717, 1.165) is 0 Å². The lowest BCUT2D eigenvalue weighted by molar-refractivity contribution is 0.0613. The summed E-state index contributed by atoms with van der Waals surface area (Å²) < 4.78 is 10.8. The minimum Gasteiger partial charge on any atom is -0.507 e. The van der Waals surface area contributed by atoms with E-state index in [0.29, 0.717) is 0 Å². The molecule has 7 heteroatoms. The van der Waals surface area contributed by atoms with Crippen molar-refractivity contribution in [3.05, 3.63) is 47.5 Å². The van der Waals surface area contributed by atoms with Crippen molar-refractivity contribution >= 4 is 11.6 Å². The molecule has 0 atom stereocenters. The summed E-state index contributed by atoms with van der Waals surface area (Å²) in [5.74, 6) is -0.834. The average Bonchev–Trinajstić information content (AvgIpc) is 2.57. The van der Waals surface area contributed by atoms with Gasteiger partial charge in [0.15, 0.2) is 11.6 Å². The average molecular weight is 360 g/mol. The highest BCUT2D eigenvalue weighted by atomic mass is 16.5. The Morgan fingerprint density at radius 2 is 1.23 bits per heavy atom. The summed E-state index contributed by atoms with van der Waals surface area (Å²) in [6.45, 7) is 2.20. The number of hydrogen-bond donors (Lipinski definition) is 3. The number of aromatic hydroxyl groups is 2. The quantitative estimate of drug-likeness (QED) is 0.619. The second-order valence-corrected chi connectivity index (χ2v) is 5.69. The number of hydrogen-bond acceptors (Lipinski definition) is 7. The number of benzene rings is 2. The van der Waals surface area contributed by atoms with Gasteiger partial charge in [-0.15, -0.1) is 0 Å². The Balaban J connectivity index is 2.00. The number of Topliss-reactive ketones (excluding diaryl/α,β-unsaturated/α-hetero) is 2. The molecule has 0 unspecified atom stereocenters. The number of ether oxygens (including phenoxy) is 2. The Labute approximate surface area is 150 Å². The van der Waals surface area contributed by atoms with Crippen molar-refractivity contribution in [2.24, 2.45) is 0 Å². The number of ketones is 2. The fourth-order valence-electron chi connectivity index (χ4n) is 2.41. The molecule has 0 fully saturated rings. The number of rotatable bonds is 8. The van der Waals surface area contributed by atoms with Crippen molar-refractivity contribution in [2.75, 3.05) is 13.2 Å². The van der Waals surface area contributed by atoms with E-state index in [1.54, 1.807) is 0 Å². The molecular formula is C19H20O7. The fourth-order valence-corrected chi connectivity index (χ4v) is 2.41. The fraction of sp³-hybridized carbons (Fsp3) is 0.263. The van der Waals surface area contributed by atoms with Crippen LogP contribution in [0.15, 0.2) is 36.4 Å². The first-order valence-corrected chi connectivity index (χ1v) is 7.90. The lowest BCUT2D eigenvalue weighted by Gasteiger charge is -2.16. The topological polar surface area (TPSA) is 113 Å². The van der Waals surface area contributed by atoms with Crippen LogP contribution in [0.3, 0.4) is 0 Å². The van der Waals surface area contributed by atoms with Gasteiger partial charge < -0.3 is 24.8 Å². The maximum absolute atomic E-state index is 11.6. The van der Waals surface area contributed by atoms with Gasteiger partial charge >= 0.3 is 0 Å². The van der Waals surface area contributed by atoms with Crippen molar-refractivity contribution < 1.29 is 34.4 Å². The highest BCUT2D eigenvalue weighted by molar-refractivity contribution is 6.00. The summed E-state index contributed by atoms with van der Waals surface area (Å²) in [5.41, 5.74) is 0.0694. The molecule has 0 aliphatic rings. The monoisotopic (exact) mass is 360 g/mol. The summed E-state index contributed by atoms with van der Waals surface area (Å²) in [7, 11) is 0. The Hall–Kier alpha value is -3.06. The maximum Gasteiger partial charge on any atom is 0.167 e. The van der Waals surface area contributed by atoms with Gasteiger partial charge in [0.2, 0.25) is 0 Å². The minimum atomic E-state index is -1.07. The molecule has 3 N–H and O–H groups in total. The Bertz CT molecular complexity index is 746. The second kappa shape index (κ2) is 8.35. The smallest absolute Gasteiger partial charge is 0.167 e. The van der Waals surface area contributed by atoms with Crippen LogP contribution >= 0.6 is 0 Å². The largest absolute Gasteiger partial charge is 0.507 e. The first kappa shape index (κ1) is 19.3. The van der Waals surface area contributed by atoms with Crippen molar-refractivity contribution in [3.8, 4) is 23.0 Å². The molecule has 0 heterocycles. The standard InChI is InChI=1S/C19H20O7/c1-11(20)18-14(23)5-3-7-16(18)25-9-13(22)10-26-17-8-4-6-15(24)19(17)12(2)21/h3-8,13,22-24H,9-10H2,1-2H3. The highest BCUT2D eigenvalue weighted by Gasteiger charge is 2.17. The van der Waals surface area contributed by atoms with Gasteiger partial charge in [0.1, 0.15) is 53.4 Å². The van der Waals surface area contributed by atoms with Crippen molar-refractivity contribution in [3.63, 3.8) is 0 Å². The minimum absolute atomic E-state index is 0.0347. The molecule has 2 rings (SSSR count). The number of phenolic OH excluding ortho intramolecular Hbond substituents is 2. The van der Waals surface area contributed by atoms with Crippen LogP contribution < -0.4 is 9.47 Å². The Kier molecular flexibility index (Phi) is 6.19. The van der Waals surface area contributed by atoms with Crippen LogP contribution in [0.5, 0.6) is 23.0 Å². The first-order valence-electron chi connectivity index (χ1n) is 7.90. The molecular weight excluding hydrogens is 340 g/mol. The zero-order valence-corrected chi connectivity index (χ0v) is 14.4. The van der Waals surface area contributed by atoms with Crippen molar-refractivity contribution in [1.82, 2.24) is 0 Å². The third kappa shape index (κ3) is 4.52. The highest BCUT2D eigenvalue weighted by Crippen LogP contribution is 2.29. The van der Waals surface area contributed by atoms with Gasteiger partial charge in [-0.3, -0.25) is 9.59 Å². The maximum atomic E-state index is 11.6. The predicted molar refractivity (Wildman–Crippen MR) is 93.2 cm³/mol. The van der Waals surface area contributed by atoms with E-state index in [1.165, 1.54) is 50.2 Å². The molecule has 0 aliphatic carbocycles. The van der Waals surface area contributed by atoms with Crippen molar-refractivity contribution in [1.29, 1.82) is 0 Å². The third-order valence-electron chi connectivity index (χ3n) is 3.58. The molecule has 2 aromatic carbocycles. The summed E-state index contributed by atoms with van der Waals surface area (Å²) >= 11 is 0. The molecule has 0 radical (unpaired) electrons. The van der Waals surface area contributed by atoms with Gasteiger partial charge in [0.05, 0.1) is 0 Å². The number of phenols is 2. The first-order chi connectivity index (χ1) is 12.3. The molecule has 26 heavy (non-hydrogen) atoms.